The maximum atomic E-state index is 14.1. The zero-order valence-electron chi connectivity index (χ0n) is 10.9. The van der Waals surface area contributed by atoms with Crippen molar-refractivity contribution in [2.24, 2.45) is 0 Å². The largest absolute Gasteiger partial charge is 0.339 e. The van der Waals surface area contributed by atoms with Gasteiger partial charge in [-0.2, -0.15) is 0 Å². The number of para-hydroxylation sites is 1. The van der Waals surface area contributed by atoms with E-state index in [0.717, 1.165) is 29.5 Å². The van der Waals surface area contributed by atoms with Gasteiger partial charge in [-0.15, -0.1) is 0 Å². The van der Waals surface area contributed by atoms with Crippen molar-refractivity contribution in [1.82, 2.24) is 0 Å². The fraction of sp³-hybridized carbons (Fsp3) is 0.250. The molecule has 0 atom stereocenters. The van der Waals surface area contributed by atoms with Gasteiger partial charge in [-0.3, -0.25) is 0 Å². The van der Waals surface area contributed by atoms with Gasteiger partial charge in [0.05, 0.1) is 5.69 Å². The van der Waals surface area contributed by atoms with Gasteiger partial charge in [-0.25, -0.2) is 4.39 Å². The van der Waals surface area contributed by atoms with E-state index in [1.807, 2.05) is 47.4 Å². The summed E-state index contributed by atoms with van der Waals surface area (Å²) in [5.41, 5.74) is 1.65. The predicted octanol–water partition coefficient (Wildman–Crippen LogP) is 5.53. The number of nitrogens with zero attached hydrogens (tertiary/aromatic N) is 1. The molecule has 2 aromatic rings. The molecule has 0 bridgehead atoms. The highest BCUT2D eigenvalue weighted by molar-refractivity contribution is 9.10. The third-order valence-electron chi connectivity index (χ3n) is 3.00. The molecule has 0 aliphatic heterocycles. The zero-order chi connectivity index (χ0) is 13.7. The quantitative estimate of drug-likeness (QED) is 0.700. The summed E-state index contributed by atoms with van der Waals surface area (Å²) in [7, 11) is 0. The van der Waals surface area contributed by atoms with Crippen molar-refractivity contribution in [2.75, 3.05) is 11.4 Å². The summed E-state index contributed by atoms with van der Waals surface area (Å²) in [6.45, 7) is 2.96. The van der Waals surface area contributed by atoms with Gasteiger partial charge in [0.2, 0.25) is 0 Å². The average molecular weight is 322 g/mol. The Kier molecular flexibility index (Phi) is 4.97. The Balaban J connectivity index is 2.37. The summed E-state index contributed by atoms with van der Waals surface area (Å²) in [5.74, 6) is -0.200. The molecule has 2 rings (SSSR count). The first-order valence-electron chi connectivity index (χ1n) is 6.50. The molecule has 2 aromatic carbocycles. The molecule has 0 aliphatic rings. The molecule has 0 unspecified atom stereocenters. The van der Waals surface area contributed by atoms with Crippen LogP contribution in [0, 0.1) is 5.82 Å². The summed E-state index contributed by atoms with van der Waals surface area (Å²) < 4.78 is 14.9. The minimum absolute atomic E-state index is 0.200. The summed E-state index contributed by atoms with van der Waals surface area (Å²) in [6, 6.07) is 15.2. The molecule has 0 radical (unpaired) electrons. The summed E-state index contributed by atoms with van der Waals surface area (Å²) in [4.78, 5) is 2.03. The number of hydrogen-bond donors (Lipinski definition) is 0. The number of hydrogen-bond acceptors (Lipinski definition) is 1. The Morgan fingerprint density at radius 3 is 2.47 bits per heavy atom. The molecule has 0 aromatic heterocycles. The average Bonchev–Trinajstić information content (AvgIpc) is 2.42. The second-order valence-corrected chi connectivity index (χ2v) is 5.35. The molecule has 100 valence electrons. The van der Waals surface area contributed by atoms with E-state index >= 15 is 0 Å². The van der Waals surface area contributed by atoms with Crippen LogP contribution in [0.3, 0.4) is 0 Å². The van der Waals surface area contributed by atoms with Crippen molar-refractivity contribution in [1.29, 1.82) is 0 Å². The van der Waals surface area contributed by atoms with Crippen LogP contribution in [0.2, 0.25) is 0 Å². The molecule has 19 heavy (non-hydrogen) atoms. The molecule has 0 saturated heterocycles. The third-order valence-corrected chi connectivity index (χ3v) is 3.50. The Bertz CT molecular complexity index is 528. The van der Waals surface area contributed by atoms with Crippen molar-refractivity contribution < 1.29 is 4.39 Å². The van der Waals surface area contributed by atoms with Crippen LogP contribution in [0.25, 0.3) is 0 Å². The maximum absolute atomic E-state index is 14.1. The van der Waals surface area contributed by atoms with Crippen LogP contribution in [0.15, 0.2) is 53.0 Å². The van der Waals surface area contributed by atoms with Gasteiger partial charge in [-0.05, 0) is 36.8 Å². The number of rotatable bonds is 5. The molecule has 0 heterocycles. The number of unbranched alkanes of at least 4 members (excludes halogenated alkanes) is 1. The maximum Gasteiger partial charge on any atom is 0.147 e. The van der Waals surface area contributed by atoms with Crippen LogP contribution in [-0.2, 0) is 0 Å². The first-order chi connectivity index (χ1) is 9.22. The van der Waals surface area contributed by atoms with E-state index in [0.29, 0.717) is 5.69 Å². The molecule has 0 N–H and O–H groups in total. The Hall–Kier alpha value is -1.35. The van der Waals surface area contributed by atoms with Crippen molar-refractivity contribution in [2.45, 2.75) is 19.8 Å². The molecule has 3 heteroatoms. The van der Waals surface area contributed by atoms with Crippen molar-refractivity contribution in [3.05, 3.63) is 58.8 Å². The highest BCUT2D eigenvalue weighted by Gasteiger charge is 2.13. The van der Waals surface area contributed by atoms with Crippen LogP contribution in [0.5, 0.6) is 0 Å². The predicted molar refractivity (Wildman–Crippen MR) is 82.5 cm³/mol. The zero-order valence-corrected chi connectivity index (χ0v) is 12.5. The van der Waals surface area contributed by atoms with Crippen LogP contribution >= 0.6 is 15.9 Å². The van der Waals surface area contributed by atoms with Gasteiger partial charge in [0.15, 0.2) is 0 Å². The van der Waals surface area contributed by atoms with E-state index in [9.17, 15) is 4.39 Å². The molecule has 0 spiro atoms. The van der Waals surface area contributed by atoms with E-state index in [4.69, 9.17) is 0 Å². The molecule has 1 nitrogen and oxygen atoms in total. The Morgan fingerprint density at radius 1 is 1.11 bits per heavy atom. The molecule has 0 fully saturated rings. The van der Waals surface area contributed by atoms with Crippen LogP contribution in [-0.4, -0.2) is 6.54 Å². The smallest absolute Gasteiger partial charge is 0.147 e. The standard InChI is InChI=1S/C16H17BrFN/c1-2-3-11-19(14-7-5-4-6-8-14)16-10-9-13(17)12-15(16)18/h4-10,12H,2-3,11H2,1H3. The van der Waals surface area contributed by atoms with Crippen LogP contribution in [0.1, 0.15) is 19.8 Å². The lowest BCUT2D eigenvalue weighted by Gasteiger charge is -2.25. The highest BCUT2D eigenvalue weighted by atomic mass is 79.9. The monoisotopic (exact) mass is 321 g/mol. The van der Waals surface area contributed by atoms with Gasteiger partial charge in [-0.1, -0.05) is 47.5 Å². The van der Waals surface area contributed by atoms with E-state index in [1.54, 1.807) is 0 Å². The van der Waals surface area contributed by atoms with Gasteiger partial charge >= 0.3 is 0 Å². The molecule has 0 saturated carbocycles. The first kappa shape index (κ1) is 14.1. The van der Waals surface area contributed by atoms with Crippen molar-refractivity contribution in [3.8, 4) is 0 Å². The van der Waals surface area contributed by atoms with Gasteiger partial charge < -0.3 is 4.90 Å². The molecular formula is C16H17BrFN. The summed E-state index contributed by atoms with van der Waals surface area (Å²) in [5, 5.41) is 0. The van der Waals surface area contributed by atoms with E-state index < -0.39 is 0 Å². The first-order valence-corrected chi connectivity index (χ1v) is 7.29. The normalized spacial score (nSPS) is 10.5. The fourth-order valence-corrected chi connectivity index (χ4v) is 2.35. The minimum atomic E-state index is -0.200. The lowest BCUT2D eigenvalue weighted by atomic mass is 10.2. The second-order valence-electron chi connectivity index (χ2n) is 4.44. The van der Waals surface area contributed by atoms with Crippen LogP contribution < -0.4 is 4.90 Å². The van der Waals surface area contributed by atoms with E-state index in [2.05, 4.69) is 22.9 Å². The molecule has 0 aliphatic carbocycles. The van der Waals surface area contributed by atoms with E-state index in [-0.39, 0.29) is 5.82 Å². The topological polar surface area (TPSA) is 3.24 Å². The number of anilines is 2. The number of benzene rings is 2. The Morgan fingerprint density at radius 2 is 1.84 bits per heavy atom. The van der Waals surface area contributed by atoms with Crippen molar-refractivity contribution in [3.63, 3.8) is 0 Å². The number of halogens is 2. The van der Waals surface area contributed by atoms with Gasteiger partial charge in [0.25, 0.3) is 0 Å². The third kappa shape index (κ3) is 3.57. The SMILES string of the molecule is CCCCN(c1ccccc1)c1ccc(Br)cc1F. The summed E-state index contributed by atoms with van der Waals surface area (Å²) in [6.07, 6.45) is 2.12. The van der Waals surface area contributed by atoms with Crippen molar-refractivity contribution >= 4 is 27.3 Å². The van der Waals surface area contributed by atoms with E-state index in [1.165, 1.54) is 6.07 Å². The summed E-state index contributed by atoms with van der Waals surface area (Å²) >= 11 is 3.30. The minimum Gasteiger partial charge on any atom is -0.339 e. The fourth-order valence-electron chi connectivity index (χ4n) is 2.01. The van der Waals surface area contributed by atoms with Crippen LogP contribution in [0.4, 0.5) is 15.8 Å². The lowest BCUT2D eigenvalue weighted by Crippen LogP contribution is -2.19. The van der Waals surface area contributed by atoms with Gasteiger partial charge in [0, 0.05) is 16.7 Å². The molecular weight excluding hydrogens is 305 g/mol. The second kappa shape index (κ2) is 6.71. The van der Waals surface area contributed by atoms with Gasteiger partial charge in [0.1, 0.15) is 5.82 Å². The Labute approximate surface area is 122 Å². The molecule has 0 amide bonds. The highest BCUT2D eigenvalue weighted by Crippen LogP contribution is 2.29. The lowest BCUT2D eigenvalue weighted by molar-refractivity contribution is 0.622.